The monoisotopic (exact) mass is 539 g/mol. The average molecular weight is 540 g/mol. The van der Waals surface area contributed by atoms with Gasteiger partial charge in [0.05, 0.1) is 21.8 Å². The fourth-order valence-electron chi connectivity index (χ4n) is 6.22. The molecule has 1 saturated heterocycles. The molecule has 1 aliphatic heterocycles. The summed E-state index contributed by atoms with van der Waals surface area (Å²) in [7, 11) is 0. The molecular weight excluding hydrogens is 521 g/mol. The third kappa shape index (κ3) is 3.67. The van der Waals surface area contributed by atoms with Crippen LogP contribution in [0.2, 0.25) is 10.0 Å². The molecule has 0 radical (unpaired) electrons. The van der Waals surface area contributed by atoms with E-state index in [4.69, 9.17) is 23.2 Å². The van der Waals surface area contributed by atoms with Crippen LogP contribution in [-0.4, -0.2) is 45.0 Å². The summed E-state index contributed by atoms with van der Waals surface area (Å²) in [4.78, 5) is 64.8. The Bertz CT molecular complexity index is 1390. The van der Waals surface area contributed by atoms with Gasteiger partial charge in [0.15, 0.2) is 5.78 Å². The Morgan fingerprint density at radius 1 is 0.973 bits per heavy atom. The summed E-state index contributed by atoms with van der Waals surface area (Å²) in [5.74, 6) is -2.99. The number of carbonyl (C=O) groups is 4. The Balaban J connectivity index is 1.37. The molecule has 2 aromatic rings. The Kier molecular flexibility index (Phi) is 5.47. The summed E-state index contributed by atoms with van der Waals surface area (Å²) in [6.07, 6.45) is 5.00. The SMILES string of the molecule is O=C(CN(C(=O)c1ccc([N+](=O)[O-])cc1)N1C(=O)[C@@H]2[C@H]3C=C[C@@H]([C@@H]4C[C@@H]34)[C@@H]2C1=O)c1ccc(Cl)cc1Cl. The topological polar surface area (TPSA) is 118 Å². The van der Waals surface area contributed by atoms with Crippen molar-refractivity contribution < 1.29 is 24.1 Å². The summed E-state index contributed by atoms with van der Waals surface area (Å²) in [5, 5.41) is 13.1. The number of carbonyl (C=O) groups excluding carboxylic acids is 4. The molecule has 4 aliphatic carbocycles. The number of rotatable bonds is 6. The first kappa shape index (κ1) is 23.8. The van der Waals surface area contributed by atoms with E-state index < -0.39 is 46.8 Å². The fraction of sp³-hybridized carbons (Fsp3) is 0.308. The molecule has 11 heteroatoms. The van der Waals surface area contributed by atoms with Gasteiger partial charge in [-0.2, -0.15) is 5.01 Å². The van der Waals surface area contributed by atoms with Crippen LogP contribution in [0.4, 0.5) is 5.69 Å². The van der Waals surface area contributed by atoms with E-state index in [1.54, 1.807) is 0 Å². The highest BCUT2D eigenvalue weighted by molar-refractivity contribution is 6.37. The summed E-state index contributed by atoms with van der Waals surface area (Å²) < 4.78 is 0. The van der Waals surface area contributed by atoms with Crippen molar-refractivity contribution in [2.75, 3.05) is 6.54 Å². The van der Waals surface area contributed by atoms with Crippen LogP contribution in [0.3, 0.4) is 0 Å². The minimum atomic E-state index is -0.806. The summed E-state index contributed by atoms with van der Waals surface area (Å²) in [6, 6.07) is 9.02. The average Bonchev–Trinajstić information content (AvgIpc) is 3.65. The van der Waals surface area contributed by atoms with Crippen LogP contribution >= 0.6 is 23.2 Å². The summed E-state index contributed by atoms with van der Waals surface area (Å²) in [5.41, 5.74) is -0.166. The van der Waals surface area contributed by atoms with Crippen molar-refractivity contribution in [3.8, 4) is 0 Å². The molecule has 3 amide bonds. The van der Waals surface area contributed by atoms with Crippen molar-refractivity contribution in [2.24, 2.45) is 35.5 Å². The predicted octanol–water partition coefficient (Wildman–Crippen LogP) is 4.19. The van der Waals surface area contributed by atoms with Gasteiger partial charge in [-0.05, 0) is 60.4 Å². The van der Waals surface area contributed by atoms with E-state index in [1.807, 2.05) is 12.2 Å². The number of non-ortho nitro benzene ring substituents is 1. The highest BCUT2D eigenvalue weighted by Gasteiger charge is 2.68. The van der Waals surface area contributed by atoms with E-state index in [9.17, 15) is 29.3 Å². The van der Waals surface area contributed by atoms with Gasteiger partial charge in [0.1, 0.15) is 6.54 Å². The maximum Gasteiger partial charge on any atom is 0.273 e. The number of halogens is 2. The number of hydrogen-bond acceptors (Lipinski definition) is 6. The molecule has 7 rings (SSSR count). The molecule has 2 saturated carbocycles. The molecule has 2 bridgehead atoms. The predicted molar refractivity (Wildman–Crippen MR) is 131 cm³/mol. The zero-order valence-electron chi connectivity index (χ0n) is 19.1. The van der Waals surface area contributed by atoms with Gasteiger partial charge in [-0.1, -0.05) is 35.4 Å². The summed E-state index contributed by atoms with van der Waals surface area (Å²) >= 11 is 12.1. The molecule has 1 heterocycles. The number of nitro benzene ring substituents is 1. The van der Waals surface area contributed by atoms with Gasteiger partial charge >= 0.3 is 0 Å². The molecule has 9 nitrogen and oxygen atoms in total. The largest absolute Gasteiger partial charge is 0.292 e. The molecule has 6 atom stereocenters. The Labute approximate surface area is 220 Å². The number of ketones is 1. The number of hydrazine groups is 1. The van der Waals surface area contributed by atoms with E-state index in [-0.39, 0.29) is 33.7 Å². The van der Waals surface area contributed by atoms with Gasteiger partial charge < -0.3 is 0 Å². The van der Waals surface area contributed by atoms with Gasteiger partial charge in [-0.25, -0.2) is 5.01 Å². The fourth-order valence-corrected chi connectivity index (χ4v) is 6.74. The van der Waals surface area contributed by atoms with E-state index in [2.05, 4.69) is 0 Å². The lowest BCUT2D eigenvalue weighted by Gasteiger charge is -2.37. The number of hydrogen-bond donors (Lipinski definition) is 0. The van der Waals surface area contributed by atoms with Crippen LogP contribution in [0, 0.1) is 45.6 Å². The zero-order valence-corrected chi connectivity index (χ0v) is 20.6. The lowest BCUT2D eigenvalue weighted by molar-refractivity contribution is -0.384. The number of amides is 3. The Hall–Kier alpha value is -3.56. The van der Waals surface area contributed by atoms with Crippen molar-refractivity contribution >= 4 is 52.4 Å². The van der Waals surface area contributed by atoms with E-state index in [0.29, 0.717) is 16.9 Å². The van der Waals surface area contributed by atoms with Crippen molar-refractivity contribution in [1.29, 1.82) is 0 Å². The Morgan fingerprint density at radius 3 is 2.11 bits per heavy atom. The number of benzene rings is 2. The second-order valence-electron chi connectivity index (χ2n) is 9.86. The second kappa shape index (κ2) is 8.49. The van der Waals surface area contributed by atoms with Crippen molar-refractivity contribution in [3.05, 3.63) is 85.9 Å². The highest BCUT2D eigenvalue weighted by atomic mass is 35.5. The standard InChI is InChI=1S/C26H19Cl2N3O6/c27-13-3-6-17(20(28)9-13)21(32)11-29(24(33)12-1-4-14(5-2-12)31(36)37)30-25(34)22-15-7-8-16(19-10-18(15)19)23(22)26(30)35/h1-9,15-16,18-19,22-23H,10-11H2/t15-,16-,18-,19-,22-,23+/m0/s1. The van der Waals surface area contributed by atoms with Gasteiger partial charge in [0.25, 0.3) is 23.4 Å². The first-order chi connectivity index (χ1) is 17.7. The molecular formula is C26H19Cl2N3O6. The van der Waals surface area contributed by atoms with Crippen LogP contribution < -0.4 is 0 Å². The first-order valence-electron chi connectivity index (χ1n) is 11.8. The van der Waals surface area contributed by atoms with Crippen LogP contribution in [-0.2, 0) is 9.59 Å². The number of nitro groups is 1. The molecule has 37 heavy (non-hydrogen) atoms. The smallest absolute Gasteiger partial charge is 0.273 e. The van der Waals surface area contributed by atoms with Crippen molar-refractivity contribution in [2.45, 2.75) is 6.42 Å². The molecule has 188 valence electrons. The van der Waals surface area contributed by atoms with E-state index >= 15 is 0 Å². The zero-order chi connectivity index (χ0) is 26.2. The van der Waals surface area contributed by atoms with Crippen molar-refractivity contribution in [3.63, 3.8) is 0 Å². The third-order valence-corrected chi connectivity index (χ3v) is 8.51. The van der Waals surface area contributed by atoms with Gasteiger partial charge in [-0.3, -0.25) is 29.3 Å². The van der Waals surface area contributed by atoms with Gasteiger partial charge in [-0.15, -0.1) is 0 Å². The number of Topliss-reactive ketones (excluding diaryl/α,β-unsaturated/α-hetero) is 1. The maximum atomic E-state index is 13.7. The third-order valence-electron chi connectivity index (χ3n) is 7.97. The number of imide groups is 1. The van der Waals surface area contributed by atoms with Crippen LogP contribution in [0.5, 0.6) is 0 Å². The Morgan fingerprint density at radius 2 is 1.57 bits per heavy atom. The normalized spacial score (nSPS) is 28.6. The van der Waals surface area contributed by atoms with E-state index in [1.165, 1.54) is 30.3 Å². The lowest BCUT2D eigenvalue weighted by Crippen LogP contribution is -2.52. The van der Waals surface area contributed by atoms with Crippen LogP contribution in [0.1, 0.15) is 27.1 Å². The van der Waals surface area contributed by atoms with Crippen LogP contribution in [0.25, 0.3) is 0 Å². The molecule has 5 aliphatic rings. The minimum absolute atomic E-state index is 0.0139. The first-order valence-corrected chi connectivity index (χ1v) is 12.5. The summed E-state index contributed by atoms with van der Waals surface area (Å²) in [6.45, 7) is -0.635. The molecule has 0 unspecified atom stereocenters. The lowest BCUT2D eigenvalue weighted by atomic mass is 9.63. The second-order valence-corrected chi connectivity index (χ2v) is 10.7. The quantitative estimate of drug-likeness (QED) is 0.178. The van der Waals surface area contributed by atoms with E-state index in [0.717, 1.165) is 28.6 Å². The maximum absolute atomic E-state index is 13.7. The van der Waals surface area contributed by atoms with Gasteiger partial charge in [0, 0.05) is 28.3 Å². The number of nitrogens with zero attached hydrogens (tertiary/aromatic N) is 3. The highest BCUT2D eigenvalue weighted by Crippen LogP contribution is 2.65. The molecule has 2 aromatic carbocycles. The number of allylic oxidation sites excluding steroid dienone is 2. The van der Waals surface area contributed by atoms with Crippen molar-refractivity contribution in [1.82, 2.24) is 10.0 Å². The van der Waals surface area contributed by atoms with Crippen LogP contribution in [0.15, 0.2) is 54.6 Å². The molecule has 3 fully saturated rings. The minimum Gasteiger partial charge on any atom is -0.292 e. The van der Waals surface area contributed by atoms with Gasteiger partial charge in [0.2, 0.25) is 0 Å². The molecule has 0 spiro atoms. The molecule has 0 N–H and O–H groups in total. The molecule has 0 aromatic heterocycles.